The quantitative estimate of drug-likeness (QED) is 0.843. The number of nitrogens with zero attached hydrogens (tertiary/aromatic N) is 3. The summed E-state index contributed by atoms with van der Waals surface area (Å²) in [7, 11) is 3.15. The molecule has 1 aliphatic heterocycles. The third-order valence-electron chi connectivity index (χ3n) is 5.08. The molecule has 2 fully saturated rings. The number of hydrogen-bond donors (Lipinski definition) is 1. The molecule has 2 aliphatic rings. The lowest BCUT2D eigenvalue weighted by molar-refractivity contribution is -0.140. The zero-order valence-corrected chi connectivity index (χ0v) is 14.8. The molecule has 3 rings (SSSR count). The van der Waals surface area contributed by atoms with Crippen LogP contribution in [-0.2, 0) is 9.53 Å². The van der Waals surface area contributed by atoms with Crippen LogP contribution in [0.5, 0.6) is 5.88 Å². The fourth-order valence-electron chi connectivity index (χ4n) is 3.18. The molecule has 0 aromatic carbocycles. The average molecular weight is 334 g/mol. The Morgan fingerprint density at radius 1 is 1.33 bits per heavy atom. The normalized spacial score (nSPS) is 24.1. The van der Waals surface area contributed by atoms with E-state index in [0.29, 0.717) is 30.2 Å². The van der Waals surface area contributed by atoms with Gasteiger partial charge in [0, 0.05) is 38.4 Å². The van der Waals surface area contributed by atoms with Crippen molar-refractivity contribution in [2.75, 3.05) is 32.2 Å². The molecule has 2 unspecified atom stereocenters. The molecule has 24 heavy (non-hydrogen) atoms. The Balaban J connectivity index is 1.73. The van der Waals surface area contributed by atoms with Gasteiger partial charge in [0.25, 0.3) is 5.91 Å². The van der Waals surface area contributed by atoms with Gasteiger partial charge in [-0.1, -0.05) is 0 Å². The first kappa shape index (κ1) is 17.0. The van der Waals surface area contributed by atoms with Crippen molar-refractivity contribution >= 4 is 11.9 Å². The lowest BCUT2D eigenvalue weighted by atomic mass is 9.97. The van der Waals surface area contributed by atoms with E-state index in [4.69, 9.17) is 9.47 Å². The Bertz CT molecular complexity index is 603. The molecule has 2 heterocycles. The lowest BCUT2D eigenvalue weighted by Gasteiger charge is -2.26. The van der Waals surface area contributed by atoms with Gasteiger partial charge in [0.1, 0.15) is 5.60 Å². The number of aromatic nitrogens is 2. The summed E-state index contributed by atoms with van der Waals surface area (Å²) in [6.07, 6.45) is 4.17. The summed E-state index contributed by atoms with van der Waals surface area (Å²) in [6.45, 7) is 5.13. The van der Waals surface area contributed by atoms with Crippen molar-refractivity contribution in [1.29, 1.82) is 0 Å². The van der Waals surface area contributed by atoms with Crippen LogP contribution in [0.15, 0.2) is 12.3 Å². The van der Waals surface area contributed by atoms with E-state index in [1.54, 1.807) is 40.3 Å². The molecule has 1 saturated carbocycles. The minimum absolute atomic E-state index is 0.0749. The van der Waals surface area contributed by atoms with E-state index in [2.05, 4.69) is 20.2 Å². The molecule has 7 nitrogen and oxygen atoms in total. The second-order valence-corrected chi connectivity index (χ2v) is 7.10. The summed E-state index contributed by atoms with van der Waals surface area (Å²) in [5.41, 5.74) is -0.825. The standard InChI is InChI=1S/C17H26N4O3/c1-17(2,24-4)15(22)19-13-10-21(9-12(13)11-5-6-11)16-18-8-7-14(20-16)23-3/h7-8,11-13H,5-6,9-10H2,1-4H3,(H,19,22). The van der Waals surface area contributed by atoms with E-state index in [1.165, 1.54) is 12.8 Å². The number of rotatable bonds is 6. The van der Waals surface area contributed by atoms with Crippen LogP contribution < -0.4 is 15.0 Å². The predicted molar refractivity (Wildman–Crippen MR) is 90.0 cm³/mol. The van der Waals surface area contributed by atoms with Gasteiger partial charge in [-0.05, 0) is 32.6 Å². The van der Waals surface area contributed by atoms with Crippen LogP contribution in [0.3, 0.4) is 0 Å². The largest absolute Gasteiger partial charge is 0.481 e. The van der Waals surface area contributed by atoms with Crippen LogP contribution in [0.25, 0.3) is 0 Å². The molecule has 0 radical (unpaired) electrons. The smallest absolute Gasteiger partial charge is 0.251 e. The van der Waals surface area contributed by atoms with Crippen molar-refractivity contribution < 1.29 is 14.3 Å². The zero-order chi connectivity index (χ0) is 17.3. The topological polar surface area (TPSA) is 76.6 Å². The number of hydrogen-bond acceptors (Lipinski definition) is 6. The van der Waals surface area contributed by atoms with Crippen LogP contribution in [0.1, 0.15) is 26.7 Å². The first-order chi connectivity index (χ1) is 11.4. The Hall–Kier alpha value is -1.89. The molecule has 0 spiro atoms. The first-order valence-electron chi connectivity index (χ1n) is 8.42. The van der Waals surface area contributed by atoms with Crippen molar-refractivity contribution in [3.63, 3.8) is 0 Å². The second-order valence-electron chi connectivity index (χ2n) is 7.10. The summed E-state index contributed by atoms with van der Waals surface area (Å²) in [4.78, 5) is 23.4. The molecule has 1 amide bonds. The maximum absolute atomic E-state index is 12.5. The molecule has 1 aliphatic carbocycles. The number of nitrogens with one attached hydrogen (secondary N) is 1. The van der Waals surface area contributed by atoms with E-state index in [0.717, 1.165) is 6.54 Å². The van der Waals surface area contributed by atoms with Crippen LogP contribution in [0.2, 0.25) is 0 Å². The van der Waals surface area contributed by atoms with E-state index >= 15 is 0 Å². The SMILES string of the molecule is COc1ccnc(N2CC(NC(=O)C(C)(C)OC)C(C3CC3)C2)n1. The molecular weight excluding hydrogens is 308 g/mol. The highest BCUT2D eigenvalue weighted by molar-refractivity contribution is 5.84. The minimum Gasteiger partial charge on any atom is -0.481 e. The summed E-state index contributed by atoms with van der Waals surface area (Å²) in [5, 5.41) is 3.18. The van der Waals surface area contributed by atoms with Gasteiger partial charge in [0.2, 0.25) is 11.8 Å². The molecule has 1 N–H and O–H groups in total. The molecule has 2 atom stereocenters. The van der Waals surface area contributed by atoms with Crippen molar-refractivity contribution in [3.8, 4) is 5.88 Å². The first-order valence-corrected chi connectivity index (χ1v) is 8.42. The van der Waals surface area contributed by atoms with E-state index in [9.17, 15) is 4.79 Å². The van der Waals surface area contributed by atoms with Gasteiger partial charge in [-0.15, -0.1) is 0 Å². The summed E-state index contributed by atoms with van der Waals surface area (Å²) in [6, 6.07) is 1.83. The molecule has 1 aromatic rings. The second kappa shape index (κ2) is 6.55. The number of carbonyl (C=O) groups excluding carboxylic acids is 1. The van der Waals surface area contributed by atoms with Crippen molar-refractivity contribution in [3.05, 3.63) is 12.3 Å². The highest BCUT2D eigenvalue weighted by atomic mass is 16.5. The molecule has 1 saturated heterocycles. The molecule has 7 heteroatoms. The summed E-state index contributed by atoms with van der Waals surface area (Å²) < 4.78 is 10.5. The van der Waals surface area contributed by atoms with Crippen molar-refractivity contribution in [2.45, 2.75) is 38.3 Å². The molecule has 132 valence electrons. The number of carbonyl (C=O) groups is 1. The fraction of sp³-hybridized carbons (Fsp3) is 0.706. The predicted octanol–water partition coefficient (Wildman–Crippen LogP) is 1.24. The Morgan fingerprint density at radius 3 is 2.71 bits per heavy atom. The average Bonchev–Trinajstić information content (AvgIpc) is 3.35. The maximum atomic E-state index is 12.5. The highest BCUT2D eigenvalue weighted by Crippen LogP contribution is 2.42. The van der Waals surface area contributed by atoms with Crippen molar-refractivity contribution in [2.24, 2.45) is 11.8 Å². The number of methoxy groups -OCH3 is 2. The zero-order valence-electron chi connectivity index (χ0n) is 14.8. The van der Waals surface area contributed by atoms with Gasteiger partial charge in [-0.25, -0.2) is 4.98 Å². The molecular formula is C17H26N4O3. The van der Waals surface area contributed by atoms with Gasteiger partial charge in [0.15, 0.2) is 0 Å². The van der Waals surface area contributed by atoms with Gasteiger partial charge < -0.3 is 19.7 Å². The number of amides is 1. The van der Waals surface area contributed by atoms with E-state index in [-0.39, 0.29) is 11.9 Å². The van der Waals surface area contributed by atoms with Crippen LogP contribution in [-0.4, -0.2) is 54.8 Å². The fourth-order valence-corrected chi connectivity index (χ4v) is 3.18. The van der Waals surface area contributed by atoms with Crippen LogP contribution in [0.4, 0.5) is 5.95 Å². The highest BCUT2D eigenvalue weighted by Gasteiger charge is 2.45. The number of anilines is 1. The van der Waals surface area contributed by atoms with E-state index < -0.39 is 5.60 Å². The third-order valence-corrected chi connectivity index (χ3v) is 5.08. The van der Waals surface area contributed by atoms with Gasteiger partial charge in [-0.2, -0.15) is 4.98 Å². The van der Waals surface area contributed by atoms with Gasteiger partial charge in [0.05, 0.1) is 13.2 Å². The Labute approximate surface area is 142 Å². The summed E-state index contributed by atoms with van der Waals surface area (Å²) in [5.74, 6) is 2.24. The van der Waals surface area contributed by atoms with Gasteiger partial charge >= 0.3 is 0 Å². The molecule has 1 aromatic heterocycles. The minimum atomic E-state index is -0.825. The Morgan fingerprint density at radius 2 is 2.08 bits per heavy atom. The van der Waals surface area contributed by atoms with Crippen molar-refractivity contribution in [1.82, 2.24) is 15.3 Å². The Kier molecular flexibility index (Phi) is 4.62. The monoisotopic (exact) mass is 334 g/mol. The van der Waals surface area contributed by atoms with Crippen LogP contribution in [0, 0.1) is 11.8 Å². The van der Waals surface area contributed by atoms with E-state index in [1.807, 2.05) is 0 Å². The number of ether oxygens (including phenoxy) is 2. The molecule has 0 bridgehead atoms. The van der Waals surface area contributed by atoms with Gasteiger partial charge in [-0.3, -0.25) is 4.79 Å². The lowest BCUT2D eigenvalue weighted by Crippen LogP contribution is -2.50. The summed E-state index contributed by atoms with van der Waals surface area (Å²) >= 11 is 0. The van der Waals surface area contributed by atoms with Crippen LogP contribution >= 0.6 is 0 Å². The third kappa shape index (κ3) is 3.45. The maximum Gasteiger partial charge on any atom is 0.251 e.